The summed E-state index contributed by atoms with van der Waals surface area (Å²) in [5.41, 5.74) is -0.860. The van der Waals surface area contributed by atoms with Crippen LogP contribution in [-0.4, -0.2) is 43.2 Å². The zero-order chi connectivity index (χ0) is 15.6. The van der Waals surface area contributed by atoms with Crippen molar-refractivity contribution in [2.45, 2.75) is 30.8 Å². The zero-order valence-corrected chi connectivity index (χ0v) is 12.9. The van der Waals surface area contributed by atoms with Gasteiger partial charge < -0.3 is 15.0 Å². The molecule has 1 rings (SSSR count). The van der Waals surface area contributed by atoms with Crippen LogP contribution < -0.4 is 10.0 Å². The number of aryl methyl sites for hydroxylation is 1. The van der Waals surface area contributed by atoms with Crippen molar-refractivity contribution in [1.29, 1.82) is 0 Å². The van der Waals surface area contributed by atoms with E-state index in [-0.39, 0.29) is 23.0 Å². The molecule has 3 N–H and O–H groups in total. The molecule has 1 amide bonds. The second-order valence-electron chi connectivity index (χ2n) is 4.93. The van der Waals surface area contributed by atoms with Gasteiger partial charge in [0.25, 0.3) is 5.91 Å². The van der Waals surface area contributed by atoms with Crippen molar-refractivity contribution in [3.8, 4) is 0 Å². The van der Waals surface area contributed by atoms with Crippen molar-refractivity contribution < 1.29 is 18.3 Å². The number of hydrogen-bond donors (Lipinski definition) is 3. The molecule has 1 atom stereocenters. The van der Waals surface area contributed by atoms with Crippen LogP contribution in [0.3, 0.4) is 0 Å². The molecule has 1 unspecified atom stereocenters. The average Bonchev–Trinajstić information content (AvgIpc) is 2.79. The minimum atomic E-state index is -3.76. The number of aliphatic hydroxyl groups is 1. The summed E-state index contributed by atoms with van der Waals surface area (Å²) in [5, 5.41) is 12.3. The standard InChI is InChI=1S/C12H21N3O4S/c1-5-12(2,17)8-14-20(18,19)9-6-10(11(16)13-3)15(4)7-9/h6-7,14,17H,5,8H2,1-4H3,(H,13,16). The number of carbonyl (C=O) groups is 1. The van der Waals surface area contributed by atoms with Crippen LogP contribution in [0.2, 0.25) is 0 Å². The average molecular weight is 303 g/mol. The molecule has 1 heterocycles. The van der Waals surface area contributed by atoms with Crippen LogP contribution in [0.25, 0.3) is 0 Å². The second-order valence-corrected chi connectivity index (χ2v) is 6.69. The molecule has 0 spiro atoms. The molecule has 114 valence electrons. The molecular formula is C12H21N3O4S. The predicted octanol–water partition coefficient (Wildman–Crippen LogP) is -0.176. The van der Waals surface area contributed by atoms with E-state index in [4.69, 9.17) is 0 Å². The van der Waals surface area contributed by atoms with Crippen molar-refractivity contribution >= 4 is 15.9 Å². The highest BCUT2D eigenvalue weighted by Gasteiger charge is 2.24. The molecular weight excluding hydrogens is 282 g/mol. The van der Waals surface area contributed by atoms with Gasteiger partial charge in [0.05, 0.1) is 5.60 Å². The molecule has 0 fully saturated rings. The Bertz CT molecular complexity index is 590. The van der Waals surface area contributed by atoms with Crippen molar-refractivity contribution in [2.75, 3.05) is 13.6 Å². The minimum absolute atomic E-state index is 0.00879. The molecule has 0 saturated heterocycles. The van der Waals surface area contributed by atoms with Crippen LogP contribution in [0.15, 0.2) is 17.2 Å². The number of sulfonamides is 1. The normalized spacial score (nSPS) is 14.8. The van der Waals surface area contributed by atoms with E-state index in [1.54, 1.807) is 20.9 Å². The van der Waals surface area contributed by atoms with E-state index in [9.17, 15) is 18.3 Å². The Hall–Kier alpha value is -1.38. The molecule has 8 heteroatoms. The number of nitrogens with zero attached hydrogens (tertiary/aromatic N) is 1. The topological polar surface area (TPSA) is 100 Å². The van der Waals surface area contributed by atoms with Crippen LogP contribution in [0, 0.1) is 0 Å². The van der Waals surface area contributed by atoms with Crippen LogP contribution in [0.5, 0.6) is 0 Å². The van der Waals surface area contributed by atoms with Crippen LogP contribution in [0.4, 0.5) is 0 Å². The number of aromatic nitrogens is 1. The van der Waals surface area contributed by atoms with Gasteiger partial charge in [-0.25, -0.2) is 13.1 Å². The van der Waals surface area contributed by atoms with E-state index in [0.717, 1.165) is 0 Å². The fraction of sp³-hybridized carbons (Fsp3) is 0.583. The first-order valence-electron chi connectivity index (χ1n) is 6.23. The lowest BCUT2D eigenvalue weighted by Gasteiger charge is -2.21. The first kappa shape index (κ1) is 16.7. The maximum atomic E-state index is 12.1. The maximum Gasteiger partial charge on any atom is 0.267 e. The molecule has 0 aliphatic heterocycles. The fourth-order valence-corrected chi connectivity index (χ4v) is 2.73. The van der Waals surface area contributed by atoms with E-state index >= 15 is 0 Å². The van der Waals surface area contributed by atoms with Gasteiger partial charge >= 0.3 is 0 Å². The first-order chi connectivity index (χ1) is 9.13. The van der Waals surface area contributed by atoms with Gasteiger partial charge in [-0.2, -0.15) is 0 Å². The van der Waals surface area contributed by atoms with Gasteiger partial charge in [-0.05, 0) is 19.4 Å². The zero-order valence-electron chi connectivity index (χ0n) is 12.1. The van der Waals surface area contributed by atoms with Gasteiger partial charge in [-0.15, -0.1) is 0 Å². The predicted molar refractivity (Wildman–Crippen MR) is 74.9 cm³/mol. The molecule has 1 aromatic rings. The van der Waals surface area contributed by atoms with Crippen LogP contribution in [0.1, 0.15) is 30.8 Å². The summed E-state index contributed by atoms with van der Waals surface area (Å²) in [4.78, 5) is 11.5. The fourth-order valence-electron chi connectivity index (χ4n) is 1.49. The van der Waals surface area contributed by atoms with E-state index in [2.05, 4.69) is 10.0 Å². The SMILES string of the molecule is CCC(C)(O)CNS(=O)(=O)c1cc(C(=O)NC)n(C)c1. The van der Waals surface area contributed by atoms with Crippen molar-refractivity contribution in [3.05, 3.63) is 18.0 Å². The third-order valence-corrected chi connectivity index (χ3v) is 4.52. The Morgan fingerprint density at radius 2 is 2.10 bits per heavy atom. The van der Waals surface area contributed by atoms with Crippen molar-refractivity contribution in [2.24, 2.45) is 7.05 Å². The van der Waals surface area contributed by atoms with Gasteiger partial charge in [0.15, 0.2) is 0 Å². The second kappa shape index (κ2) is 5.94. The molecule has 0 aromatic carbocycles. The smallest absolute Gasteiger partial charge is 0.267 e. The summed E-state index contributed by atoms with van der Waals surface area (Å²) < 4.78 is 28.0. The summed E-state index contributed by atoms with van der Waals surface area (Å²) in [6, 6.07) is 1.29. The number of carbonyl (C=O) groups excluding carboxylic acids is 1. The molecule has 0 aliphatic rings. The largest absolute Gasteiger partial charge is 0.389 e. The quantitative estimate of drug-likeness (QED) is 0.679. The maximum absolute atomic E-state index is 12.1. The van der Waals surface area contributed by atoms with Gasteiger partial charge in [0.1, 0.15) is 10.6 Å². The Kier molecular flexibility index (Phi) is 4.95. The highest BCUT2D eigenvalue weighted by atomic mass is 32.2. The molecule has 1 aromatic heterocycles. The molecule has 20 heavy (non-hydrogen) atoms. The summed E-state index contributed by atoms with van der Waals surface area (Å²) in [7, 11) is -0.696. The van der Waals surface area contributed by atoms with Gasteiger partial charge in [-0.3, -0.25) is 4.79 Å². The third kappa shape index (κ3) is 3.81. The molecule has 0 radical (unpaired) electrons. The number of hydrogen-bond acceptors (Lipinski definition) is 4. The lowest BCUT2D eigenvalue weighted by Crippen LogP contribution is -2.39. The summed E-state index contributed by atoms with van der Waals surface area (Å²) in [6.45, 7) is 3.23. The van der Waals surface area contributed by atoms with Crippen molar-refractivity contribution in [3.63, 3.8) is 0 Å². The van der Waals surface area contributed by atoms with Crippen LogP contribution >= 0.6 is 0 Å². The summed E-state index contributed by atoms with van der Waals surface area (Å²) in [6.07, 6.45) is 1.78. The third-order valence-electron chi connectivity index (χ3n) is 3.15. The highest BCUT2D eigenvalue weighted by molar-refractivity contribution is 7.89. The van der Waals surface area contributed by atoms with Gasteiger partial charge in [-0.1, -0.05) is 6.92 Å². The van der Waals surface area contributed by atoms with Crippen LogP contribution in [-0.2, 0) is 17.1 Å². The lowest BCUT2D eigenvalue weighted by atomic mass is 10.1. The molecule has 0 saturated carbocycles. The minimum Gasteiger partial charge on any atom is -0.389 e. The number of nitrogens with one attached hydrogen (secondary N) is 2. The molecule has 0 aliphatic carbocycles. The number of amides is 1. The first-order valence-corrected chi connectivity index (χ1v) is 7.72. The molecule has 0 bridgehead atoms. The van der Waals surface area contributed by atoms with E-state index in [1.165, 1.54) is 23.9 Å². The highest BCUT2D eigenvalue weighted by Crippen LogP contribution is 2.15. The Morgan fingerprint density at radius 3 is 2.60 bits per heavy atom. The number of rotatable bonds is 6. The Labute approximate surface area is 119 Å². The van der Waals surface area contributed by atoms with Crippen molar-refractivity contribution in [1.82, 2.24) is 14.6 Å². The van der Waals surface area contributed by atoms with E-state index < -0.39 is 15.6 Å². The monoisotopic (exact) mass is 303 g/mol. The Balaban J connectivity index is 2.97. The van der Waals surface area contributed by atoms with Gasteiger partial charge in [0, 0.05) is 26.8 Å². The summed E-state index contributed by atoms with van der Waals surface area (Å²) >= 11 is 0. The van der Waals surface area contributed by atoms with E-state index in [1.807, 2.05) is 0 Å². The molecule has 7 nitrogen and oxygen atoms in total. The summed E-state index contributed by atoms with van der Waals surface area (Å²) in [5.74, 6) is -0.366. The lowest BCUT2D eigenvalue weighted by molar-refractivity contribution is 0.0613. The Morgan fingerprint density at radius 1 is 1.50 bits per heavy atom. The van der Waals surface area contributed by atoms with Gasteiger partial charge in [0.2, 0.25) is 10.0 Å². The van der Waals surface area contributed by atoms with E-state index in [0.29, 0.717) is 6.42 Å².